The van der Waals surface area contributed by atoms with Gasteiger partial charge in [0.2, 0.25) is 0 Å². The van der Waals surface area contributed by atoms with Gasteiger partial charge in [0.15, 0.2) is 0 Å². The van der Waals surface area contributed by atoms with E-state index in [1.54, 1.807) is 19.9 Å². The summed E-state index contributed by atoms with van der Waals surface area (Å²) in [4.78, 5) is 29.0. The Kier molecular flexibility index (Phi) is 8.13. The van der Waals surface area contributed by atoms with Crippen LogP contribution >= 0.6 is 0 Å². The van der Waals surface area contributed by atoms with E-state index in [4.69, 9.17) is 9.47 Å². The number of alkyl halides is 3. The molecule has 1 unspecified atom stereocenters. The molecule has 8 nitrogen and oxygen atoms in total. The van der Waals surface area contributed by atoms with Crippen molar-refractivity contribution in [3.05, 3.63) is 98.2 Å². The van der Waals surface area contributed by atoms with Gasteiger partial charge in [0, 0.05) is 34.5 Å². The monoisotopic (exact) mass is 612 g/mol. The number of carbonyl (C=O) groups excluding carboxylic acids is 1. The van der Waals surface area contributed by atoms with Crippen LogP contribution in [-0.4, -0.2) is 43.9 Å². The highest BCUT2D eigenvalue weighted by molar-refractivity contribution is 6.00. The fourth-order valence-corrected chi connectivity index (χ4v) is 5.60. The van der Waals surface area contributed by atoms with Crippen molar-refractivity contribution in [1.82, 2.24) is 15.6 Å². The highest BCUT2D eigenvalue weighted by Gasteiger charge is 2.48. The van der Waals surface area contributed by atoms with Crippen molar-refractivity contribution >= 4 is 16.8 Å². The first-order valence-electron chi connectivity index (χ1n) is 14.0. The maximum Gasteiger partial charge on any atom is 0.398 e. The molecular weight excluding hydrogens is 580 g/mol. The number of aryl methyl sites for hydroxylation is 3. The predicted octanol–water partition coefficient (Wildman–Crippen LogP) is 6.50. The Bertz CT molecular complexity index is 1720. The van der Waals surface area contributed by atoms with Gasteiger partial charge in [-0.25, -0.2) is 9.37 Å². The number of halogens is 4. The molecule has 12 heteroatoms. The van der Waals surface area contributed by atoms with Gasteiger partial charge in [-0.15, -0.1) is 0 Å². The fraction of sp³-hybridized carbons (Fsp3) is 0.375. The summed E-state index contributed by atoms with van der Waals surface area (Å²) in [7, 11) is 1.43. The van der Waals surface area contributed by atoms with E-state index >= 15 is 0 Å². The summed E-state index contributed by atoms with van der Waals surface area (Å²) < 4.78 is 69.4. The maximum absolute atomic E-state index is 14.7. The second-order valence-corrected chi connectivity index (χ2v) is 11.5. The van der Waals surface area contributed by atoms with E-state index in [9.17, 15) is 27.3 Å². The number of hydrogen-bond acceptors (Lipinski definition) is 7. The van der Waals surface area contributed by atoms with E-state index in [0.717, 1.165) is 11.3 Å². The molecule has 0 radical (unpaired) electrons. The van der Waals surface area contributed by atoms with E-state index in [1.807, 2.05) is 19.9 Å². The second-order valence-electron chi connectivity index (χ2n) is 11.5. The summed E-state index contributed by atoms with van der Waals surface area (Å²) >= 11 is 0. The lowest BCUT2D eigenvalue weighted by Gasteiger charge is -2.33. The number of carbonyl (C=O) groups is 1. The van der Waals surface area contributed by atoms with Crippen molar-refractivity contribution < 1.29 is 31.8 Å². The molecule has 2 aromatic carbocycles. The molecule has 5 rings (SSSR count). The van der Waals surface area contributed by atoms with Crippen molar-refractivity contribution in [2.24, 2.45) is 16.5 Å². The number of dihydropyridines is 1. The van der Waals surface area contributed by atoms with Gasteiger partial charge in [0.1, 0.15) is 34.8 Å². The average molecular weight is 613 g/mol. The number of aromatic nitrogens is 1. The van der Waals surface area contributed by atoms with Crippen LogP contribution in [0.3, 0.4) is 0 Å². The Labute approximate surface area is 251 Å². The Hall–Kier alpha value is -4.48. The standard InChI is InChI=1S/C32H32F4N4O4/c1-16-8-20-10-21(11-26(43-5)27(20)39-18(16)3)30(41)37-13-23(32(34,35)36)25-12-22-29(44-15-31(22,4)14-38-42)28(40-25)19-6-7-24(33)17(2)9-19/h6-12,23,28,40H,13-15H2,1-5H3,(H,37,41)/t23-,28?,31+/m1/s1. The van der Waals surface area contributed by atoms with Gasteiger partial charge >= 0.3 is 6.18 Å². The summed E-state index contributed by atoms with van der Waals surface area (Å²) in [5.74, 6) is -2.66. The Morgan fingerprint density at radius 2 is 1.95 bits per heavy atom. The van der Waals surface area contributed by atoms with Gasteiger partial charge in [-0.05, 0) is 67.8 Å². The van der Waals surface area contributed by atoms with Gasteiger partial charge < -0.3 is 20.1 Å². The summed E-state index contributed by atoms with van der Waals surface area (Å²) in [6, 6.07) is 8.20. The minimum atomic E-state index is -4.77. The molecule has 1 amide bonds. The number of amides is 1. The maximum atomic E-state index is 14.7. The van der Waals surface area contributed by atoms with E-state index in [0.29, 0.717) is 39.1 Å². The van der Waals surface area contributed by atoms with E-state index in [2.05, 4.69) is 20.8 Å². The van der Waals surface area contributed by atoms with Gasteiger partial charge in [-0.3, -0.25) is 4.79 Å². The van der Waals surface area contributed by atoms with Crippen molar-refractivity contribution in [2.45, 2.75) is 39.9 Å². The number of nitrogens with zero attached hydrogens (tertiary/aromatic N) is 2. The second kappa shape index (κ2) is 11.5. The largest absolute Gasteiger partial charge is 0.494 e. The average Bonchev–Trinajstić information content (AvgIpc) is 3.29. The van der Waals surface area contributed by atoms with Crippen molar-refractivity contribution in [2.75, 3.05) is 26.8 Å². The smallest absolute Gasteiger partial charge is 0.398 e. The molecule has 3 heterocycles. The SMILES string of the molecule is COc1cc(C(=O)NC[C@H](C2=CC3=C(OC[C@]3(C)CN=O)C(c3ccc(F)c(C)c3)N2)C(F)(F)F)cc2cc(C)c(C)nc12. The lowest BCUT2D eigenvalue weighted by atomic mass is 9.79. The third-order valence-corrected chi connectivity index (χ3v) is 8.31. The molecule has 3 aromatic rings. The van der Waals surface area contributed by atoms with Crippen LogP contribution in [0.4, 0.5) is 17.6 Å². The molecular formula is C32H32F4N4O4. The van der Waals surface area contributed by atoms with Crippen LogP contribution in [0.25, 0.3) is 10.9 Å². The molecule has 0 aliphatic carbocycles. The number of allylic oxidation sites excluding steroid dienone is 1. The molecule has 0 saturated heterocycles. The Balaban J connectivity index is 1.49. The molecule has 0 bridgehead atoms. The molecule has 3 atom stereocenters. The van der Waals surface area contributed by atoms with Gasteiger partial charge in [0.25, 0.3) is 5.91 Å². The van der Waals surface area contributed by atoms with Gasteiger partial charge in [0.05, 0.1) is 25.7 Å². The molecule has 0 saturated carbocycles. The van der Waals surface area contributed by atoms with E-state index in [1.165, 1.54) is 37.5 Å². The molecule has 2 aliphatic heterocycles. The summed E-state index contributed by atoms with van der Waals surface area (Å²) in [5.41, 5.74) is 2.32. The zero-order valence-electron chi connectivity index (χ0n) is 24.9. The topological polar surface area (TPSA) is 102 Å². The highest BCUT2D eigenvalue weighted by atomic mass is 19.4. The van der Waals surface area contributed by atoms with Crippen molar-refractivity contribution in [3.8, 4) is 5.75 Å². The molecule has 232 valence electrons. The molecule has 1 aromatic heterocycles. The minimum absolute atomic E-state index is 0.0383. The third-order valence-electron chi connectivity index (χ3n) is 8.31. The minimum Gasteiger partial charge on any atom is -0.494 e. The Morgan fingerprint density at radius 3 is 2.61 bits per heavy atom. The molecule has 2 N–H and O–H groups in total. The number of pyridine rings is 1. The highest BCUT2D eigenvalue weighted by Crippen LogP contribution is 2.47. The molecule has 0 spiro atoms. The van der Waals surface area contributed by atoms with Crippen molar-refractivity contribution in [3.63, 3.8) is 0 Å². The number of rotatable bonds is 8. The summed E-state index contributed by atoms with van der Waals surface area (Å²) in [6.45, 7) is 6.00. The van der Waals surface area contributed by atoms with Gasteiger partial charge in [-0.1, -0.05) is 24.2 Å². The zero-order valence-corrected chi connectivity index (χ0v) is 24.9. The van der Waals surface area contributed by atoms with Crippen LogP contribution in [0, 0.1) is 42.8 Å². The quantitative estimate of drug-likeness (QED) is 0.223. The predicted molar refractivity (Wildman–Crippen MR) is 156 cm³/mol. The number of nitrogens with one attached hydrogen (secondary N) is 2. The number of hydrogen-bond donors (Lipinski definition) is 2. The zero-order chi connectivity index (χ0) is 32.0. The normalized spacial score (nSPS) is 20.4. The first kappa shape index (κ1) is 31.0. The summed E-state index contributed by atoms with van der Waals surface area (Å²) in [5, 5.41) is 9.00. The van der Waals surface area contributed by atoms with Gasteiger partial charge in [-0.2, -0.15) is 18.1 Å². The number of ether oxygens (including phenoxy) is 2. The van der Waals surface area contributed by atoms with Crippen LogP contribution < -0.4 is 15.4 Å². The fourth-order valence-electron chi connectivity index (χ4n) is 5.60. The lowest BCUT2D eigenvalue weighted by molar-refractivity contribution is -0.163. The van der Waals surface area contributed by atoms with E-state index < -0.39 is 41.8 Å². The molecule has 44 heavy (non-hydrogen) atoms. The van der Waals surface area contributed by atoms with Crippen LogP contribution in [0.1, 0.15) is 45.7 Å². The van der Waals surface area contributed by atoms with E-state index in [-0.39, 0.29) is 24.4 Å². The number of methoxy groups -OCH3 is 1. The van der Waals surface area contributed by atoms with Crippen LogP contribution in [0.15, 0.2) is 64.7 Å². The number of nitroso groups, excluding NO2 is 1. The molecule has 2 aliphatic rings. The first-order chi connectivity index (χ1) is 20.8. The summed E-state index contributed by atoms with van der Waals surface area (Å²) in [6.07, 6.45) is -3.44. The van der Waals surface area contributed by atoms with Crippen molar-refractivity contribution in [1.29, 1.82) is 0 Å². The molecule has 0 fully saturated rings. The van der Waals surface area contributed by atoms with Crippen LogP contribution in [-0.2, 0) is 4.74 Å². The van der Waals surface area contributed by atoms with Crippen LogP contribution in [0.2, 0.25) is 0 Å². The third kappa shape index (κ3) is 5.72. The first-order valence-corrected chi connectivity index (χ1v) is 14.0. The number of fused-ring (bicyclic) bond motifs is 1. The lowest BCUT2D eigenvalue weighted by Crippen LogP contribution is -2.43. The van der Waals surface area contributed by atoms with Crippen LogP contribution in [0.5, 0.6) is 5.75 Å². The number of benzene rings is 2. The Morgan fingerprint density at radius 1 is 1.20 bits per heavy atom.